The van der Waals surface area contributed by atoms with E-state index in [4.69, 9.17) is 5.73 Å². The van der Waals surface area contributed by atoms with Gasteiger partial charge in [0.05, 0.1) is 13.1 Å². The van der Waals surface area contributed by atoms with Crippen molar-refractivity contribution in [2.45, 2.75) is 12.8 Å². The number of likely N-dealkylation sites (N-methyl/N-ethyl adjacent to an activating group) is 2. The lowest BCUT2D eigenvalue weighted by Gasteiger charge is -2.21. The highest BCUT2D eigenvalue weighted by Crippen LogP contribution is 1.97. The summed E-state index contributed by atoms with van der Waals surface area (Å²) in [5, 5.41) is 0. The molecule has 0 saturated heterocycles. The predicted octanol–water partition coefficient (Wildman–Crippen LogP) is -0.00950. The molecule has 0 aromatic heterocycles. The van der Waals surface area contributed by atoms with E-state index in [1.165, 1.54) is 16.8 Å². The van der Waals surface area contributed by atoms with Crippen molar-refractivity contribution in [3.63, 3.8) is 0 Å². The van der Waals surface area contributed by atoms with Gasteiger partial charge in [0.25, 0.3) is 6.43 Å². The van der Waals surface area contributed by atoms with E-state index >= 15 is 0 Å². The molecule has 0 aliphatic rings. The molecule has 6 heteroatoms. The molecule has 90 valence electrons. The first-order valence-corrected chi connectivity index (χ1v) is 4.88. The molecule has 0 aromatic rings. The first kappa shape index (κ1) is 14.2. The molecule has 0 aliphatic heterocycles. The van der Waals surface area contributed by atoms with Crippen LogP contribution < -0.4 is 5.73 Å². The predicted molar refractivity (Wildman–Crippen MR) is 54.8 cm³/mol. The van der Waals surface area contributed by atoms with Gasteiger partial charge in [0.2, 0.25) is 5.91 Å². The Balaban J connectivity index is 3.80. The minimum atomic E-state index is -2.41. The van der Waals surface area contributed by atoms with Gasteiger partial charge in [-0.2, -0.15) is 0 Å². The number of carbonyl (C=O) groups excluding carboxylic acids is 1. The Morgan fingerprint density at radius 2 is 2.00 bits per heavy atom. The highest BCUT2D eigenvalue weighted by atomic mass is 19.3. The molecule has 0 aromatic carbocycles. The lowest BCUT2D eigenvalue weighted by molar-refractivity contribution is -0.131. The van der Waals surface area contributed by atoms with Crippen LogP contribution in [-0.2, 0) is 4.79 Å². The highest BCUT2D eigenvalue weighted by Gasteiger charge is 2.14. The molecule has 0 heterocycles. The maximum absolute atomic E-state index is 12.0. The Hall–Kier alpha value is -0.750. The van der Waals surface area contributed by atoms with Crippen LogP contribution >= 0.6 is 0 Å². The summed E-state index contributed by atoms with van der Waals surface area (Å²) in [5.74, 6) is -0.161. The van der Waals surface area contributed by atoms with Gasteiger partial charge in [-0.15, -0.1) is 0 Å². The van der Waals surface area contributed by atoms with Crippen molar-refractivity contribution in [2.24, 2.45) is 5.73 Å². The van der Waals surface area contributed by atoms with E-state index in [1.54, 1.807) is 7.05 Å². The smallest absolute Gasteiger partial charge is 0.251 e. The standard InChI is InChI=1S/C9H19F2N3O/c1-13(6-8(10)11)7-9(15)14(2)5-3-4-12/h8H,3-7,12H2,1-2H3. The molecule has 0 fully saturated rings. The van der Waals surface area contributed by atoms with Gasteiger partial charge in [0, 0.05) is 13.6 Å². The first-order valence-electron chi connectivity index (χ1n) is 4.88. The Morgan fingerprint density at radius 3 is 2.47 bits per heavy atom. The minimum absolute atomic E-state index is 0.0193. The summed E-state index contributed by atoms with van der Waals surface area (Å²) in [6.07, 6.45) is -1.68. The van der Waals surface area contributed by atoms with Crippen molar-refractivity contribution in [3.05, 3.63) is 0 Å². The van der Waals surface area contributed by atoms with Gasteiger partial charge in [0.15, 0.2) is 0 Å². The average molecular weight is 223 g/mol. The lowest BCUT2D eigenvalue weighted by Crippen LogP contribution is -2.39. The molecule has 0 rings (SSSR count). The van der Waals surface area contributed by atoms with Crippen molar-refractivity contribution in [1.29, 1.82) is 0 Å². The second-order valence-corrected chi connectivity index (χ2v) is 3.55. The fourth-order valence-corrected chi connectivity index (χ4v) is 1.10. The second kappa shape index (κ2) is 7.53. The number of alkyl halides is 2. The summed E-state index contributed by atoms with van der Waals surface area (Å²) in [4.78, 5) is 14.3. The zero-order valence-electron chi connectivity index (χ0n) is 9.25. The van der Waals surface area contributed by atoms with E-state index in [0.717, 1.165) is 6.42 Å². The van der Waals surface area contributed by atoms with Crippen LogP contribution in [0.25, 0.3) is 0 Å². The van der Waals surface area contributed by atoms with Crippen LogP contribution in [0.15, 0.2) is 0 Å². The van der Waals surface area contributed by atoms with Crippen LogP contribution in [0.4, 0.5) is 8.78 Å². The summed E-state index contributed by atoms with van der Waals surface area (Å²) in [5.41, 5.74) is 5.30. The van der Waals surface area contributed by atoms with E-state index < -0.39 is 6.43 Å². The van der Waals surface area contributed by atoms with Gasteiger partial charge >= 0.3 is 0 Å². The maximum Gasteiger partial charge on any atom is 0.251 e. The lowest BCUT2D eigenvalue weighted by atomic mass is 10.3. The quantitative estimate of drug-likeness (QED) is 0.660. The molecule has 15 heavy (non-hydrogen) atoms. The first-order chi connectivity index (χ1) is 6.97. The summed E-state index contributed by atoms with van der Waals surface area (Å²) in [6, 6.07) is 0. The Kier molecular flexibility index (Phi) is 7.15. The van der Waals surface area contributed by atoms with Gasteiger partial charge in [-0.1, -0.05) is 0 Å². The number of rotatable bonds is 7. The number of hydrogen-bond donors (Lipinski definition) is 1. The summed E-state index contributed by atoms with van der Waals surface area (Å²) in [7, 11) is 3.15. The van der Waals surface area contributed by atoms with Crippen LogP contribution in [0, 0.1) is 0 Å². The second-order valence-electron chi connectivity index (χ2n) is 3.55. The third-order valence-corrected chi connectivity index (χ3v) is 1.98. The molecule has 4 nitrogen and oxygen atoms in total. The van der Waals surface area contributed by atoms with Gasteiger partial charge in [-0.05, 0) is 20.0 Å². The van der Waals surface area contributed by atoms with Crippen LogP contribution in [0.2, 0.25) is 0 Å². The van der Waals surface area contributed by atoms with Crippen molar-refractivity contribution in [1.82, 2.24) is 9.80 Å². The molecule has 0 saturated carbocycles. The zero-order chi connectivity index (χ0) is 11.8. The van der Waals surface area contributed by atoms with E-state index in [2.05, 4.69) is 0 Å². The fraction of sp³-hybridized carbons (Fsp3) is 0.889. The Labute approximate surface area is 89.0 Å². The van der Waals surface area contributed by atoms with Crippen molar-refractivity contribution >= 4 is 5.91 Å². The molecule has 1 amide bonds. The largest absolute Gasteiger partial charge is 0.345 e. The van der Waals surface area contributed by atoms with Crippen molar-refractivity contribution < 1.29 is 13.6 Å². The number of hydrogen-bond acceptors (Lipinski definition) is 3. The van der Waals surface area contributed by atoms with E-state index in [1.807, 2.05) is 0 Å². The number of amides is 1. The third kappa shape index (κ3) is 7.21. The maximum atomic E-state index is 12.0. The molecule has 0 unspecified atom stereocenters. The van der Waals surface area contributed by atoms with E-state index in [-0.39, 0.29) is 19.0 Å². The summed E-state index contributed by atoms with van der Waals surface area (Å²) < 4.78 is 23.9. The molecule has 2 N–H and O–H groups in total. The average Bonchev–Trinajstić information content (AvgIpc) is 2.12. The molecule has 0 spiro atoms. The monoisotopic (exact) mass is 223 g/mol. The van der Waals surface area contributed by atoms with Gasteiger partial charge < -0.3 is 10.6 Å². The highest BCUT2D eigenvalue weighted by molar-refractivity contribution is 5.77. The topological polar surface area (TPSA) is 49.6 Å². The SMILES string of the molecule is CN(CC(=O)N(C)CCCN)CC(F)F. The zero-order valence-corrected chi connectivity index (χ0v) is 9.25. The number of carbonyl (C=O) groups is 1. The van der Waals surface area contributed by atoms with Gasteiger partial charge in [-0.3, -0.25) is 9.69 Å². The van der Waals surface area contributed by atoms with Crippen LogP contribution in [-0.4, -0.2) is 62.4 Å². The van der Waals surface area contributed by atoms with Crippen LogP contribution in [0.3, 0.4) is 0 Å². The fourth-order valence-electron chi connectivity index (χ4n) is 1.10. The number of halogens is 2. The number of nitrogens with two attached hydrogens (primary N) is 1. The van der Waals surface area contributed by atoms with Gasteiger partial charge in [-0.25, -0.2) is 8.78 Å². The van der Waals surface area contributed by atoms with Crippen LogP contribution in [0.1, 0.15) is 6.42 Å². The molecular formula is C9H19F2N3O. The van der Waals surface area contributed by atoms with Crippen molar-refractivity contribution in [3.8, 4) is 0 Å². The molecule has 0 bridgehead atoms. The summed E-state index contributed by atoms with van der Waals surface area (Å²) in [6.45, 7) is 0.726. The van der Waals surface area contributed by atoms with Crippen LogP contribution in [0.5, 0.6) is 0 Å². The normalized spacial score (nSPS) is 11.1. The molecular weight excluding hydrogens is 204 g/mol. The Bertz CT molecular complexity index is 190. The number of nitrogens with zero attached hydrogens (tertiary/aromatic N) is 2. The van der Waals surface area contributed by atoms with E-state index in [9.17, 15) is 13.6 Å². The third-order valence-electron chi connectivity index (χ3n) is 1.98. The summed E-state index contributed by atoms with van der Waals surface area (Å²) >= 11 is 0. The molecule has 0 radical (unpaired) electrons. The molecule has 0 atom stereocenters. The van der Waals surface area contributed by atoms with Crippen molar-refractivity contribution in [2.75, 3.05) is 40.3 Å². The molecule has 0 aliphatic carbocycles. The minimum Gasteiger partial charge on any atom is -0.345 e. The Morgan fingerprint density at radius 1 is 1.40 bits per heavy atom. The van der Waals surface area contributed by atoms with E-state index in [0.29, 0.717) is 13.1 Å². The van der Waals surface area contributed by atoms with Gasteiger partial charge in [0.1, 0.15) is 0 Å².